The molecule has 156 valence electrons. The van der Waals surface area contributed by atoms with Crippen LogP contribution >= 0.6 is 0 Å². The predicted molar refractivity (Wildman–Crippen MR) is 104 cm³/mol. The molecular formula is C21H24BF3O4. The molecule has 0 atom stereocenters. The van der Waals surface area contributed by atoms with Crippen LogP contribution in [0.1, 0.15) is 38.8 Å². The molecule has 0 N–H and O–H groups in total. The van der Waals surface area contributed by atoms with Gasteiger partial charge in [-0.1, -0.05) is 12.1 Å². The first-order valence-electron chi connectivity index (χ1n) is 9.25. The maximum absolute atomic E-state index is 13.4. The molecule has 29 heavy (non-hydrogen) atoms. The van der Waals surface area contributed by atoms with Crippen molar-refractivity contribution < 1.29 is 32.0 Å². The summed E-state index contributed by atoms with van der Waals surface area (Å²) in [5.41, 5.74) is -1.05. The lowest BCUT2D eigenvalue weighted by Crippen LogP contribution is -2.41. The summed E-state index contributed by atoms with van der Waals surface area (Å²) in [5.74, 6) is 0.788. The van der Waals surface area contributed by atoms with E-state index in [9.17, 15) is 13.2 Å². The minimum Gasteiger partial charge on any atom is -0.497 e. The maximum atomic E-state index is 13.4. The molecule has 0 unspecified atom stereocenters. The number of benzene rings is 2. The summed E-state index contributed by atoms with van der Waals surface area (Å²) >= 11 is 0. The zero-order valence-corrected chi connectivity index (χ0v) is 17.1. The highest BCUT2D eigenvalue weighted by molar-refractivity contribution is 6.62. The monoisotopic (exact) mass is 408 g/mol. The Morgan fingerprint density at radius 3 is 2.00 bits per heavy atom. The van der Waals surface area contributed by atoms with Crippen molar-refractivity contribution in [3.8, 4) is 11.5 Å². The van der Waals surface area contributed by atoms with E-state index in [-0.39, 0.29) is 17.8 Å². The lowest BCUT2D eigenvalue weighted by Gasteiger charge is -2.32. The van der Waals surface area contributed by atoms with Crippen LogP contribution in [0.4, 0.5) is 13.2 Å². The topological polar surface area (TPSA) is 36.9 Å². The number of alkyl halides is 3. The van der Waals surface area contributed by atoms with Gasteiger partial charge in [0.25, 0.3) is 0 Å². The van der Waals surface area contributed by atoms with Crippen LogP contribution in [0, 0.1) is 0 Å². The summed E-state index contributed by atoms with van der Waals surface area (Å²) in [4.78, 5) is 0. The standard InChI is InChI=1S/C21H24BF3O4/c1-19(2)20(3,4)29-22(28-19)16-10-15(21(23,24)25)11-18(12-16)27-13-14-6-8-17(26-5)9-7-14/h6-12H,13H2,1-5H3. The Labute approximate surface area is 169 Å². The van der Waals surface area contributed by atoms with Crippen LogP contribution in [0.15, 0.2) is 42.5 Å². The van der Waals surface area contributed by atoms with Crippen molar-refractivity contribution in [2.75, 3.05) is 7.11 Å². The van der Waals surface area contributed by atoms with E-state index in [0.717, 1.165) is 17.7 Å². The lowest BCUT2D eigenvalue weighted by molar-refractivity contribution is -0.137. The molecule has 1 fully saturated rings. The quantitative estimate of drug-likeness (QED) is 0.679. The molecule has 1 aliphatic heterocycles. The maximum Gasteiger partial charge on any atom is 0.494 e. The van der Waals surface area contributed by atoms with Crippen LogP contribution in [-0.4, -0.2) is 25.4 Å². The summed E-state index contributed by atoms with van der Waals surface area (Å²) in [6, 6.07) is 10.7. The summed E-state index contributed by atoms with van der Waals surface area (Å²) in [6.07, 6.45) is -4.52. The third-order valence-electron chi connectivity index (χ3n) is 5.35. The molecule has 0 spiro atoms. The number of halogens is 3. The van der Waals surface area contributed by atoms with Crippen LogP contribution in [0.2, 0.25) is 0 Å². The van der Waals surface area contributed by atoms with Crippen LogP contribution in [0.3, 0.4) is 0 Å². The third kappa shape index (κ3) is 4.70. The SMILES string of the molecule is COc1ccc(COc2cc(B3OC(C)(C)C(C)(C)O3)cc(C(F)(F)F)c2)cc1. The van der Waals surface area contributed by atoms with E-state index >= 15 is 0 Å². The molecule has 2 aromatic rings. The first-order chi connectivity index (χ1) is 13.4. The Kier molecular flexibility index (Phi) is 5.62. The molecule has 8 heteroatoms. The largest absolute Gasteiger partial charge is 0.497 e. The Morgan fingerprint density at radius 2 is 1.48 bits per heavy atom. The van der Waals surface area contributed by atoms with Gasteiger partial charge in [0.2, 0.25) is 0 Å². The molecule has 0 aliphatic carbocycles. The molecule has 1 heterocycles. The molecule has 1 aliphatic rings. The zero-order chi connectivity index (χ0) is 21.4. The molecule has 1 saturated heterocycles. The molecule has 2 aromatic carbocycles. The lowest BCUT2D eigenvalue weighted by atomic mass is 9.78. The van der Waals surface area contributed by atoms with E-state index in [1.807, 2.05) is 27.7 Å². The van der Waals surface area contributed by atoms with Gasteiger partial charge in [0, 0.05) is 0 Å². The predicted octanol–water partition coefficient (Wildman–Crippen LogP) is 4.59. The molecular weight excluding hydrogens is 384 g/mol. The summed E-state index contributed by atoms with van der Waals surface area (Å²) in [6.45, 7) is 7.51. The van der Waals surface area contributed by atoms with Gasteiger partial charge in [-0.3, -0.25) is 0 Å². The van der Waals surface area contributed by atoms with Crippen molar-refractivity contribution in [3.05, 3.63) is 53.6 Å². The molecule has 0 radical (unpaired) electrons. The van der Waals surface area contributed by atoms with E-state index in [1.165, 1.54) is 6.07 Å². The summed E-state index contributed by atoms with van der Waals surface area (Å²) in [7, 11) is 0.649. The number of methoxy groups -OCH3 is 1. The van der Waals surface area contributed by atoms with Gasteiger partial charge in [0.15, 0.2) is 0 Å². The highest BCUT2D eigenvalue weighted by Gasteiger charge is 2.52. The minimum atomic E-state index is -4.52. The van der Waals surface area contributed by atoms with E-state index < -0.39 is 30.1 Å². The second-order valence-electron chi connectivity index (χ2n) is 8.01. The average Bonchev–Trinajstić information content (AvgIpc) is 2.87. The first-order valence-corrected chi connectivity index (χ1v) is 9.25. The number of hydrogen-bond acceptors (Lipinski definition) is 4. The number of hydrogen-bond donors (Lipinski definition) is 0. The van der Waals surface area contributed by atoms with Crippen molar-refractivity contribution in [2.45, 2.75) is 51.7 Å². The Balaban J connectivity index is 1.86. The van der Waals surface area contributed by atoms with Crippen molar-refractivity contribution in [1.82, 2.24) is 0 Å². The Bertz CT molecular complexity index is 847. The van der Waals surface area contributed by atoms with Crippen LogP contribution in [0.25, 0.3) is 0 Å². The van der Waals surface area contributed by atoms with Crippen LogP contribution < -0.4 is 14.9 Å². The van der Waals surface area contributed by atoms with Crippen molar-refractivity contribution in [1.29, 1.82) is 0 Å². The fourth-order valence-corrected chi connectivity index (χ4v) is 2.87. The van der Waals surface area contributed by atoms with E-state index in [1.54, 1.807) is 31.4 Å². The van der Waals surface area contributed by atoms with E-state index in [4.69, 9.17) is 18.8 Å². The highest BCUT2D eigenvalue weighted by Crippen LogP contribution is 2.37. The van der Waals surface area contributed by atoms with Gasteiger partial charge >= 0.3 is 13.3 Å². The Morgan fingerprint density at radius 1 is 0.897 bits per heavy atom. The average molecular weight is 408 g/mol. The number of rotatable bonds is 5. The van der Waals surface area contributed by atoms with E-state index in [2.05, 4.69) is 0 Å². The van der Waals surface area contributed by atoms with Crippen molar-refractivity contribution in [3.63, 3.8) is 0 Å². The fourth-order valence-electron chi connectivity index (χ4n) is 2.87. The van der Waals surface area contributed by atoms with E-state index in [0.29, 0.717) is 5.75 Å². The molecule has 0 bridgehead atoms. The third-order valence-corrected chi connectivity index (χ3v) is 5.35. The molecule has 4 nitrogen and oxygen atoms in total. The molecule has 3 rings (SSSR count). The second kappa shape index (κ2) is 7.57. The molecule has 0 amide bonds. The Hall–Kier alpha value is -2.19. The van der Waals surface area contributed by atoms with Gasteiger partial charge in [0.05, 0.1) is 23.9 Å². The van der Waals surface area contributed by atoms with Gasteiger partial charge in [0.1, 0.15) is 18.1 Å². The van der Waals surface area contributed by atoms with Crippen LogP contribution in [0.5, 0.6) is 11.5 Å². The van der Waals surface area contributed by atoms with Gasteiger partial charge < -0.3 is 18.8 Å². The van der Waals surface area contributed by atoms with Gasteiger partial charge in [-0.15, -0.1) is 0 Å². The van der Waals surface area contributed by atoms with Crippen molar-refractivity contribution >= 4 is 12.6 Å². The minimum absolute atomic E-state index is 0.0976. The smallest absolute Gasteiger partial charge is 0.494 e. The molecule has 0 saturated carbocycles. The fraction of sp³-hybridized carbons (Fsp3) is 0.429. The number of ether oxygens (including phenoxy) is 2. The summed E-state index contributed by atoms with van der Waals surface area (Å²) < 4.78 is 62.9. The van der Waals surface area contributed by atoms with Gasteiger partial charge in [-0.2, -0.15) is 13.2 Å². The van der Waals surface area contributed by atoms with Gasteiger partial charge in [-0.05, 0) is 69.1 Å². The van der Waals surface area contributed by atoms with Gasteiger partial charge in [-0.25, -0.2) is 0 Å². The normalized spacial score (nSPS) is 18.0. The zero-order valence-electron chi connectivity index (χ0n) is 17.1. The van der Waals surface area contributed by atoms with Crippen molar-refractivity contribution in [2.24, 2.45) is 0 Å². The molecule has 0 aromatic heterocycles. The first kappa shape index (κ1) is 21.5. The van der Waals surface area contributed by atoms with Crippen LogP contribution in [-0.2, 0) is 22.1 Å². The highest BCUT2D eigenvalue weighted by atomic mass is 19.4. The summed E-state index contributed by atoms with van der Waals surface area (Å²) in [5, 5.41) is 0. The second-order valence-corrected chi connectivity index (χ2v) is 8.01.